The van der Waals surface area contributed by atoms with E-state index in [2.05, 4.69) is 5.32 Å². The molecule has 100 valence electrons. The Bertz CT molecular complexity index is 380. The number of rotatable bonds is 2. The van der Waals surface area contributed by atoms with Gasteiger partial charge in [-0.2, -0.15) is 0 Å². The standard InChI is InChI=1S/C11H17N3O4/c1-13(7-3-2-4-7)11(18)14-6-9(15)12-5-8(14)10(16)17/h7-8H,2-6H2,1H3,(H,12,15)(H,16,17). The minimum atomic E-state index is -1.09. The van der Waals surface area contributed by atoms with E-state index in [9.17, 15) is 14.4 Å². The average molecular weight is 255 g/mol. The van der Waals surface area contributed by atoms with E-state index in [1.807, 2.05) is 0 Å². The molecule has 2 rings (SSSR count). The third-order valence-corrected chi connectivity index (χ3v) is 3.64. The fraction of sp³-hybridized carbons (Fsp3) is 0.727. The van der Waals surface area contributed by atoms with Gasteiger partial charge in [0.25, 0.3) is 0 Å². The maximum absolute atomic E-state index is 12.2. The predicted octanol–water partition coefficient (Wildman–Crippen LogP) is -0.524. The van der Waals surface area contributed by atoms with Gasteiger partial charge in [-0.05, 0) is 19.3 Å². The normalized spacial score (nSPS) is 24.2. The summed E-state index contributed by atoms with van der Waals surface area (Å²) in [5.74, 6) is -1.41. The summed E-state index contributed by atoms with van der Waals surface area (Å²) in [5, 5.41) is 11.5. The van der Waals surface area contributed by atoms with Crippen molar-refractivity contribution in [3.8, 4) is 0 Å². The van der Waals surface area contributed by atoms with Gasteiger partial charge in [-0.15, -0.1) is 0 Å². The van der Waals surface area contributed by atoms with Crippen LogP contribution in [0.4, 0.5) is 4.79 Å². The van der Waals surface area contributed by atoms with E-state index in [-0.39, 0.29) is 31.1 Å². The van der Waals surface area contributed by atoms with Gasteiger partial charge in [0.15, 0.2) is 0 Å². The second kappa shape index (κ2) is 4.83. The third kappa shape index (κ3) is 2.25. The molecule has 1 unspecified atom stereocenters. The highest BCUT2D eigenvalue weighted by Crippen LogP contribution is 2.25. The molecule has 0 spiro atoms. The Hall–Kier alpha value is -1.79. The van der Waals surface area contributed by atoms with Crippen molar-refractivity contribution in [1.29, 1.82) is 0 Å². The predicted molar refractivity (Wildman–Crippen MR) is 61.9 cm³/mol. The third-order valence-electron chi connectivity index (χ3n) is 3.64. The van der Waals surface area contributed by atoms with Crippen molar-refractivity contribution in [3.05, 3.63) is 0 Å². The second-order valence-electron chi connectivity index (χ2n) is 4.76. The van der Waals surface area contributed by atoms with Crippen molar-refractivity contribution in [2.24, 2.45) is 0 Å². The Morgan fingerprint density at radius 1 is 1.44 bits per heavy atom. The first-order valence-electron chi connectivity index (χ1n) is 6.03. The van der Waals surface area contributed by atoms with Crippen LogP contribution in [-0.2, 0) is 9.59 Å². The number of hydrogen-bond acceptors (Lipinski definition) is 3. The lowest BCUT2D eigenvalue weighted by Crippen LogP contribution is -2.62. The van der Waals surface area contributed by atoms with Gasteiger partial charge in [0, 0.05) is 19.6 Å². The van der Waals surface area contributed by atoms with Crippen LogP contribution in [0.25, 0.3) is 0 Å². The SMILES string of the molecule is CN(C(=O)N1CC(=O)NCC1C(=O)O)C1CCC1. The van der Waals surface area contributed by atoms with E-state index in [0.29, 0.717) is 0 Å². The number of nitrogens with one attached hydrogen (secondary N) is 1. The summed E-state index contributed by atoms with van der Waals surface area (Å²) < 4.78 is 0. The number of amides is 3. The zero-order valence-electron chi connectivity index (χ0n) is 10.3. The quantitative estimate of drug-likeness (QED) is 0.694. The fourth-order valence-electron chi connectivity index (χ4n) is 2.20. The molecule has 7 nitrogen and oxygen atoms in total. The van der Waals surface area contributed by atoms with Gasteiger partial charge in [-0.3, -0.25) is 9.69 Å². The minimum Gasteiger partial charge on any atom is -0.480 e. The summed E-state index contributed by atoms with van der Waals surface area (Å²) in [6.45, 7) is -0.217. The number of carbonyl (C=O) groups is 3. The number of carboxylic acid groups (broad SMARTS) is 1. The van der Waals surface area contributed by atoms with Crippen molar-refractivity contribution in [2.75, 3.05) is 20.1 Å². The van der Waals surface area contributed by atoms with E-state index >= 15 is 0 Å². The smallest absolute Gasteiger partial charge is 0.328 e. The number of carbonyl (C=O) groups excluding carboxylic acids is 2. The lowest BCUT2D eigenvalue weighted by Gasteiger charge is -2.40. The van der Waals surface area contributed by atoms with E-state index in [1.54, 1.807) is 11.9 Å². The van der Waals surface area contributed by atoms with Crippen molar-refractivity contribution in [1.82, 2.24) is 15.1 Å². The minimum absolute atomic E-state index is 0.0294. The Morgan fingerprint density at radius 2 is 2.11 bits per heavy atom. The van der Waals surface area contributed by atoms with Crippen LogP contribution in [0.1, 0.15) is 19.3 Å². The summed E-state index contributed by atoms with van der Waals surface area (Å²) >= 11 is 0. The molecule has 18 heavy (non-hydrogen) atoms. The monoisotopic (exact) mass is 255 g/mol. The molecule has 1 atom stereocenters. The Labute approximate surface area is 105 Å². The highest BCUT2D eigenvalue weighted by molar-refractivity contribution is 5.90. The number of carboxylic acids is 1. The zero-order chi connectivity index (χ0) is 13.3. The number of hydrogen-bond donors (Lipinski definition) is 2. The van der Waals surface area contributed by atoms with Gasteiger partial charge in [-0.25, -0.2) is 9.59 Å². The van der Waals surface area contributed by atoms with Crippen molar-refractivity contribution in [3.63, 3.8) is 0 Å². The molecule has 0 radical (unpaired) electrons. The molecular formula is C11H17N3O4. The summed E-state index contributed by atoms with van der Waals surface area (Å²) in [4.78, 5) is 37.3. The Balaban J connectivity index is 2.08. The topological polar surface area (TPSA) is 90.0 Å². The molecule has 1 aliphatic carbocycles. The van der Waals surface area contributed by atoms with Crippen LogP contribution in [0, 0.1) is 0 Å². The highest BCUT2D eigenvalue weighted by Gasteiger charge is 2.38. The summed E-state index contributed by atoms with van der Waals surface area (Å²) in [6, 6.07) is -1.17. The van der Waals surface area contributed by atoms with Crippen LogP contribution in [0.15, 0.2) is 0 Å². The van der Waals surface area contributed by atoms with Crippen LogP contribution in [0.5, 0.6) is 0 Å². The summed E-state index contributed by atoms with van der Waals surface area (Å²) in [7, 11) is 1.66. The largest absolute Gasteiger partial charge is 0.480 e. The van der Waals surface area contributed by atoms with Gasteiger partial charge in [0.1, 0.15) is 12.6 Å². The van der Waals surface area contributed by atoms with Gasteiger partial charge in [0.05, 0.1) is 0 Å². The van der Waals surface area contributed by atoms with Crippen LogP contribution >= 0.6 is 0 Å². The number of aliphatic carboxylic acids is 1. The maximum Gasteiger partial charge on any atom is 0.328 e. The maximum atomic E-state index is 12.2. The molecule has 0 aromatic heterocycles. The van der Waals surface area contributed by atoms with Crippen LogP contribution in [0.2, 0.25) is 0 Å². The van der Waals surface area contributed by atoms with E-state index in [1.165, 1.54) is 0 Å². The molecule has 1 aliphatic heterocycles. The van der Waals surface area contributed by atoms with Gasteiger partial charge >= 0.3 is 12.0 Å². The highest BCUT2D eigenvalue weighted by atomic mass is 16.4. The Morgan fingerprint density at radius 3 is 2.61 bits per heavy atom. The molecule has 0 aromatic carbocycles. The molecular weight excluding hydrogens is 238 g/mol. The van der Waals surface area contributed by atoms with Crippen LogP contribution in [-0.4, -0.2) is 65.0 Å². The number of urea groups is 1. The molecule has 1 saturated heterocycles. The second-order valence-corrected chi connectivity index (χ2v) is 4.76. The lowest BCUT2D eigenvalue weighted by molar-refractivity contribution is -0.144. The van der Waals surface area contributed by atoms with Crippen LogP contribution in [0.3, 0.4) is 0 Å². The van der Waals surface area contributed by atoms with E-state index in [0.717, 1.165) is 24.2 Å². The van der Waals surface area contributed by atoms with Crippen molar-refractivity contribution < 1.29 is 19.5 Å². The summed E-state index contributed by atoms with van der Waals surface area (Å²) in [6.07, 6.45) is 2.98. The number of piperazine rings is 1. The molecule has 7 heteroatoms. The molecule has 1 heterocycles. The first-order chi connectivity index (χ1) is 8.50. The molecule has 2 aliphatic rings. The molecule has 2 N–H and O–H groups in total. The summed E-state index contributed by atoms with van der Waals surface area (Å²) in [5.41, 5.74) is 0. The van der Waals surface area contributed by atoms with Crippen LogP contribution < -0.4 is 5.32 Å². The van der Waals surface area contributed by atoms with Crippen molar-refractivity contribution >= 4 is 17.9 Å². The fourth-order valence-corrected chi connectivity index (χ4v) is 2.20. The number of nitrogens with zero attached hydrogens (tertiary/aromatic N) is 2. The molecule has 1 saturated carbocycles. The molecule has 0 aromatic rings. The molecule has 3 amide bonds. The Kier molecular flexibility index (Phi) is 3.40. The first kappa shape index (κ1) is 12.7. The van der Waals surface area contributed by atoms with Gasteiger partial charge in [0.2, 0.25) is 5.91 Å². The van der Waals surface area contributed by atoms with Crippen molar-refractivity contribution in [2.45, 2.75) is 31.3 Å². The molecule has 0 bridgehead atoms. The lowest BCUT2D eigenvalue weighted by atomic mass is 9.92. The average Bonchev–Trinajstić information content (AvgIpc) is 2.25. The zero-order valence-corrected chi connectivity index (χ0v) is 10.3. The molecule has 2 fully saturated rings. The first-order valence-corrected chi connectivity index (χ1v) is 6.03. The van der Waals surface area contributed by atoms with E-state index in [4.69, 9.17) is 5.11 Å². The van der Waals surface area contributed by atoms with E-state index < -0.39 is 12.0 Å². The van der Waals surface area contributed by atoms with Gasteiger partial charge in [-0.1, -0.05) is 0 Å². The van der Waals surface area contributed by atoms with Gasteiger partial charge < -0.3 is 15.3 Å².